The highest BCUT2D eigenvalue weighted by molar-refractivity contribution is 6.13. The number of rotatable bonds is 4. The van der Waals surface area contributed by atoms with Crippen LogP contribution in [-0.4, -0.2) is 23.9 Å². The number of amides is 2. The van der Waals surface area contributed by atoms with Crippen LogP contribution in [0.4, 0.5) is 0 Å². The summed E-state index contributed by atoms with van der Waals surface area (Å²) in [5.74, 6) is -0.0512. The highest BCUT2D eigenvalue weighted by Gasteiger charge is 2.21. The van der Waals surface area contributed by atoms with E-state index in [-0.39, 0.29) is 23.9 Å². The second-order valence-corrected chi connectivity index (χ2v) is 8.32. The van der Waals surface area contributed by atoms with E-state index in [0.717, 1.165) is 36.5 Å². The van der Waals surface area contributed by atoms with Gasteiger partial charge in [-0.3, -0.25) is 9.59 Å². The molecule has 2 aliphatic carbocycles. The summed E-state index contributed by atoms with van der Waals surface area (Å²) in [6.07, 6.45) is 11.5. The summed E-state index contributed by atoms with van der Waals surface area (Å²) in [6.45, 7) is 0. The molecule has 2 amide bonds. The smallest absolute Gasteiger partial charge is 0.252 e. The van der Waals surface area contributed by atoms with Crippen LogP contribution < -0.4 is 10.6 Å². The van der Waals surface area contributed by atoms with E-state index < -0.39 is 0 Å². The molecule has 148 valence electrons. The van der Waals surface area contributed by atoms with E-state index in [1.807, 2.05) is 36.4 Å². The molecule has 2 aliphatic rings. The van der Waals surface area contributed by atoms with Crippen molar-refractivity contribution in [1.29, 1.82) is 0 Å². The Morgan fingerprint density at radius 1 is 0.607 bits per heavy atom. The first-order chi connectivity index (χ1) is 13.7. The summed E-state index contributed by atoms with van der Waals surface area (Å²) in [5, 5.41) is 8.11. The topological polar surface area (TPSA) is 58.2 Å². The lowest BCUT2D eigenvalue weighted by Crippen LogP contribution is -2.36. The van der Waals surface area contributed by atoms with Gasteiger partial charge in [0.2, 0.25) is 0 Å². The molecule has 0 saturated heterocycles. The molecule has 0 heterocycles. The minimum absolute atomic E-state index is 0.0256. The maximum absolute atomic E-state index is 12.9. The monoisotopic (exact) mass is 378 g/mol. The van der Waals surface area contributed by atoms with Crippen molar-refractivity contribution in [3.05, 3.63) is 47.5 Å². The first-order valence-corrected chi connectivity index (χ1v) is 10.9. The van der Waals surface area contributed by atoms with E-state index in [1.165, 1.54) is 38.5 Å². The Balaban J connectivity index is 1.57. The lowest BCUT2D eigenvalue weighted by Gasteiger charge is -2.24. The van der Waals surface area contributed by atoms with Gasteiger partial charge in [-0.15, -0.1) is 0 Å². The van der Waals surface area contributed by atoms with Crippen LogP contribution in [0.3, 0.4) is 0 Å². The summed E-state index contributed by atoms with van der Waals surface area (Å²) < 4.78 is 0. The van der Waals surface area contributed by atoms with E-state index in [9.17, 15) is 9.59 Å². The molecular formula is C24H30N2O2. The number of benzene rings is 2. The molecule has 2 aromatic rings. The average molecular weight is 379 g/mol. The number of carbonyl (C=O) groups excluding carboxylic acids is 2. The Labute approximate surface area is 167 Å². The average Bonchev–Trinajstić information content (AvgIpc) is 2.74. The predicted octanol–water partition coefficient (Wildman–Crippen LogP) is 4.96. The Hall–Kier alpha value is -2.36. The van der Waals surface area contributed by atoms with Crippen molar-refractivity contribution in [3.8, 4) is 0 Å². The van der Waals surface area contributed by atoms with Gasteiger partial charge in [0.15, 0.2) is 0 Å². The minimum Gasteiger partial charge on any atom is -0.349 e. The number of nitrogens with one attached hydrogen (secondary N) is 2. The minimum atomic E-state index is -0.0256. The van der Waals surface area contributed by atoms with Crippen LogP contribution in [0.15, 0.2) is 36.4 Å². The van der Waals surface area contributed by atoms with Crippen LogP contribution in [0.5, 0.6) is 0 Å². The maximum atomic E-state index is 12.9. The van der Waals surface area contributed by atoms with Gasteiger partial charge in [-0.25, -0.2) is 0 Å². The second-order valence-electron chi connectivity index (χ2n) is 8.32. The Kier molecular flexibility index (Phi) is 5.94. The third kappa shape index (κ3) is 4.21. The fourth-order valence-corrected chi connectivity index (χ4v) is 4.73. The lowest BCUT2D eigenvalue weighted by atomic mass is 9.94. The van der Waals surface area contributed by atoms with Crippen molar-refractivity contribution in [2.75, 3.05) is 0 Å². The lowest BCUT2D eigenvalue weighted by molar-refractivity contribution is 0.0919. The van der Waals surface area contributed by atoms with Gasteiger partial charge >= 0.3 is 0 Å². The van der Waals surface area contributed by atoms with Gasteiger partial charge < -0.3 is 10.6 Å². The number of carbonyl (C=O) groups is 2. The van der Waals surface area contributed by atoms with Crippen LogP contribution >= 0.6 is 0 Å². The Morgan fingerprint density at radius 3 is 1.39 bits per heavy atom. The molecule has 4 heteroatoms. The van der Waals surface area contributed by atoms with Crippen LogP contribution in [0.25, 0.3) is 10.8 Å². The predicted molar refractivity (Wildman–Crippen MR) is 113 cm³/mol. The second kappa shape index (κ2) is 8.76. The molecule has 0 unspecified atom stereocenters. The zero-order valence-corrected chi connectivity index (χ0v) is 16.5. The van der Waals surface area contributed by atoms with Crippen molar-refractivity contribution in [2.24, 2.45) is 0 Å². The van der Waals surface area contributed by atoms with Gasteiger partial charge in [-0.1, -0.05) is 62.8 Å². The van der Waals surface area contributed by atoms with Crippen LogP contribution in [-0.2, 0) is 0 Å². The summed E-state index contributed by atoms with van der Waals surface area (Å²) in [7, 11) is 0. The van der Waals surface area contributed by atoms with E-state index >= 15 is 0 Å². The first kappa shape index (κ1) is 19.0. The molecule has 0 radical (unpaired) electrons. The zero-order chi connectivity index (χ0) is 19.3. The molecule has 4 rings (SSSR count). The molecule has 28 heavy (non-hydrogen) atoms. The number of hydrogen-bond donors (Lipinski definition) is 2. The van der Waals surface area contributed by atoms with Gasteiger partial charge in [-0.2, -0.15) is 0 Å². The fraction of sp³-hybridized carbons (Fsp3) is 0.500. The maximum Gasteiger partial charge on any atom is 0.252 e. The van der Waals surface area contributed by atoms with Crippen LogP contribution in [0.1, 0.15) is 84.9 Å². The Morgan fingerprint density at radius 2 is 1.00 bits per heavy atom. The molecule has 4 nitrogen and oxygen atoms in total. The molecular weight excluding hydrogens is 348 g/mol. The van der Waals surface area contributed by atoms with Crippen LogP contribution in [0, 0.1) is 0 Å². The molecule has 2 aromatic carbocycles. The van der Waals surface area contributed by atoms with Gasteiger partial charge in [0.1, 0.15) is 0 Å². The van der Waals surface area contributed by atoms with E-state index in [1.54, 1.807) is 0 Å². The van der Waals surface area contributed by atoms with Crippen molar-refractivity contribution in [3.63, 3.8) is 0 Å². The number of fused-ring (bicyclic) bond motifs is 1. The van der Waals surface area contributed by atoms with Crippen molar-refractivity contribution >= 4 is 22.6 Å². The molecule has 2 N–H and O–H groups in total. The van der Waals surface area contributed by atoms with Gasteiger partial charge in [0.25, 0.3) is 11.8 Å². The standard InChI is InChI=1S/C24H30N2O2/c27-23(25-17-9-3-1-4-10-17)21-15-7-14-20-19(21)13-8-16-22(20)24(28)26-18-11-5-2-6-12-18/h7-8,13-18H,1-6,9-12H2,(H,25,27)(H,26,28). The normalized spacial score (nSPS) is 18.7. The molecule has 2 saturated carbocycles. The zero-order valence-electron chi connectivity index (χ0n) is 16.5. The highest BCUT2D eigenvalue weighted by atomic mass is 16.2. The summed E-state index contributed by atoms with van der Waals surface area (Å²) >= 11 is 0. The number of hydrogen-bond acceptors (Lipinski definition) is 2. The molecule has 0 bridgehead atoms. The summed E-state index contributed by atoms with van der Waals surface area (Å²) in [6, 6.07) is 11.9. The van der Waals surface area contributed by atoms with Crippen molar-refractivity contribution < 1.29 is 9.59 Å². The fourth-order valence-electron chi connectivity index (χ4n) is 4.73. The molecule has 2 fully saturated rings. The van der Waals surface area contributed by atoms with E-state index in [4.69, 9.17) is 0 Å². The van der Waals surface area contributed by atoms with Crippen LogP contribution in [0.2, 0.25) is 0 Å². The molecule has 0 aromatic heterocycles. The third-order valence-electron chi connectivity index (χ3n) is 6.29. The third-order valence-corrected chi connectivity index (χ3v) is 6.29. The molecule has 0 spiro atoms. The largest absolute Gasteiger partial charge is 0.349 e. The molecule has 0 aliphatic heterocycles. The van der Waals surface area contributed by atoms with E-state index in [0.29, 0.717) is 11.1 Å². The van der Waals surface area contributed by atoms with Crippen molar-refractivity contribution in [1.82, 2.24) is 10.6 Å². The van der Waals surface area contributed by atoms with Crippen molar-refractivity contribution in [2.45, 2.75) is 76.3 Å². The van der Waals surface area contributed by atoms with Gasteiger partial charge in [0, 0.05) is 23.2 Å². The van der Waals surface area contributed by atoms with Gasteiger partial charge in [-0.05, 0) is 48.6 Å². The molecule has 0 atom stereocenters. The quantitative estimate of drug-likeness (QED) is 0.789. The summed E-state index contributed by atoms with van der Waals surface area (Å²) in [5.41, 5.74) is 1.32. The Bertz CT molecular complexity index is 778. The highest BCUT2D eigenvalue weighted by Crippen LogP contribution is 2.25. The SMILES string of the molecule is O=C(NC1CCCCC1)c1cccc2c(C(=O)NC3CCCCC3)cccc12. The summed E-state index contributed by atoms with van der Waals surface area (Å²) in [4.78, 5) is 25.8. The first-order valence-electron chi connectivity index (χ1n) is 10.9. The van der Waals surface area contributed by atoms with Gasteiger partial charge in [0.05, 0.1) is 0 Å². The van der Waals surface area contributed by atoms with E-state index in [2.05, 4.69) is 10.6 Å².